The van der Waals surface area contributed by atoms with Crippen molar-refractivity contribution < 1.29 is 8.81 Å². The molecule has 3 nitrogen and oxygen atoms in total. The number of rotatable bonds is 2. The molecule has 2 aromatic rings. The average molecular weight is 415 g/mol. The van der Waals surface area contributed by atoms with Gasteiger partial charge < -0.3 is 4.42 Å². The SMILES string of the molecule is Cc1c(F)c(CN2CCC[C@H](C)C2)cc2c(=O)c(I)coc12. The first-order chi connectivity index (χ1) is 10.5. The van der Waals surface area contributed by atoms with E-state index in [1.807, 2.05) is 22.6 Å². The summed E-state index contributed by atoms with van der Waals surface area (Å²) in [4.78, 5) is 14.6. The smallest absolute Gasteiger partial charge is 0.206 e. The van der Waals surface area contributed by atoms with Crippen molar-refractivity contribution in [2.24, 2.45) is 5.92 Å². The van der Waals surface area contributed by atoms with Crippen LogP contribution < -0.4 is 5.43 Å². The summed E-state index contributed by atoms with van der Waals surface area (Å²) < 4.78 is 20.6. The largest absolute Gasteiger partial charge is 0.463 e. The number of hydrogen-bond donors (Lipinski definition) is 0. The Morgan fingerprint density at radius 3 is 3.00 bits per heavy atom. The molecule has 1 aromatic heterocycles. The van der Waals surface area contributed by atoms with Gasteiger partial charge in [-0.1, -0.05) is 6.92 Å². The van der Waals surface area contributed by atoms with E-state index in [0.29, 0.717) is 38.1 Å². The fraction of sp³-hybridized carbons (Fsp3) is 0.471. The highest BCUT2D eigenvalue weighted by Gasteiger charge is 2.20. The molecular weight excluding hydrogens is 396 g/mol. The molecule has 0 unspecified atom stereocenters. The van der Waals surface area contributed by atoms with Crippen LogP contribution in [-0.4, -0.2) is 18.0 Å². The zero-order chi connectivity index (χ0) is 15.9. The molecule has 1 fully saturated rings. The van der Waals surface area contributed by atoms with E-state index in [2.05, 4.69) is 11.8 Å². The van der Waals surface area contributed by atoms with Crippen LogP contribution in [0.1, 0.15) is 30.9 Å². The van der Waals surface area contributed by atoms with Crippen LogP contribution in [-0.2, 0) is 6.54 Å². The first-order valence-electron chi connectivity index (χ1n) is 7.58. The van der Waals surface area contributed by atoms with Crippen LogP contribution in [0.5, 0.6) is 0 Å². The van der Waals surface area contributed by atoms with E-state index in [0.717, 1.165) is 19.5 Å². The van der Waals surface area contributed by atoms with Crippen LogP contribution >= 0.6 is 22.6 Å². The summed E-state index contributed by atoms with van der Waals surface area (Å²) in [6.07, 6.45) is 3.77. The lowest BCUT2D eigenvalue weighted by Crippen LogP contribution is -2.34. The highest BCUT2D eigenvalue weighted by molar-refractivity contribution is 14.1. The molecule has 0 spiro atoms. The highest BCUT2D eigenvalue weighted by Crippen LogP contribution is 2.26. The monoisotopic (exact) mass is 415 g/mol. The van der Waals surface area contributed by atoms with Gasteiger partial charge in [-0.25, -0.2) is 4.39 Å². The quantitative estimate of drug-likeness (QED) is 0.694. The van der Waals surface area contributed by atoms with Crippen LogP contribution in [0, 0.1) is 22.2 Å². The molecular formula is C17H19FINO2. The number of benzene rings is 1. The molecule has 2 heterocycles. The molecule has 0 radical (unpaired) electrons. The van der Waals surface area contributed by atoms with Crippen molar-refractivity contribution in [3.63, 3.8) is 0 Å². The molecule has 3 rings (SSSR count). The Balaban J connectivity index is 2.04. The maximum absolute atomic E-state index is 14.6. The number of hydrogen-bond acceptors (Lipinski definition) is 3. The van der Waals surface area contributed by atoms with Crippen molar-refractivity contribution in [1.82, 2.24) is 4.90 Å². The summed E-state index contributed by atoms with van der Waals surface area (Å²) in [6, 6.07) is 1.67. The van der Waals surface area contributed by atoms with E-state index < -0.39 is 0 Å². The number of aryl methyl sites for hydroxylation is 1. The third-order valence-corrected chi connectivity index (χ3v) is 5.14. The molecule has 0 aliphatic carbocycles. The number of fused-ring (bicyclic) bond motifs is 1. The van der Waals surface area contributed by atoms with Gasteiger partial charge >= 0.3 is 0 Å². The molecule has 0 N–H and O–H groups in total. The Hall–Kier alpha value is -0.950. The molecule has 118 valence electrons. The van der Waals surface area contributed by atoms with Crippen LogP contribution in [0.2, 0.25) is 0 Å². The molecule has 1 aromatic carbocycles. The summed E-state index contributed by atoms with van der Waals surface area (Å²) in [5.41, 5.74) is 1.29. The molecule has 1 atom stereocenters. The molecule has 5 heteroatoms. The van der Waals surface area contributed by atoms with Crippen molar-refractivity contribution in [2.75, 3.05) is 13.1 Å². The molecule has 0 amide bonds. The van der Waals surface area contributed by atoms with Crippen molar-refractivity contribution >= 4 is 33.6 Å². The van der Waals surface area contributed by atoms with Crippen LogP contribution in [0.15, 0.2) is 21.5 Å². The summed E-state index contributed by atoms with van der Waals surface area (Å²) in [6.45, 7) is 6.43. The van der Waals surface area contributed by atoms with E-state index >= 15 is 0 Å². The van der Waals surface area contributed by atoms with Crippen LogP contribution in [0.3, 0.4) is 0 Å². The normalized spacial score (nSPS) is 19.7. The Kier molecular flexibility index (Phi) is 4.54. The average Bonchev–Trinajstić information content (AvgIpc) is 2.49. The van der Waals surface area contributed by atoms with Gasteiger partial charge in [0.2, 0.25) is 5.43 Å². The highest BCUT2D eigenvalue weighted by atomic mass is 127. The lowest BCUT2D eigenvalue weighted by atomic mass is 9.99. The van der Waals surface area contributed by atoms with Crippen molar-refractivity contribution in [1.29, 1.82) is 0 Å². The predicted molar refractivity (Wildman–Crippen MR) is 93.6 cm³/mol. The van der Waals surface area contributed by atoms with Crippen molar-refractivity contribution in [3.8, 4) is 0 Å². The molecule has 0 saturated carbocycles. The van der Waals surface area contributed by atoms with Crippen LogP contribution in [0.4, 0.5) is 4.39 Å². The van der Waals surface area contributed by atoms with E-state index in [4.69, 9.17) is 4.42 Å². The fourth-order valence-electron chi connectivity index (χ4n) is 3.25. The topological polar surface area (TPSA) is 33.5 Å². The van der Waals surface area contributed by atoms with Crippen molar-refractivity contribution in [3.05, 3.63) is 43.1 Å². The molecule has 1 aliphatic rings. The fourth-order valence-corrected chi connectivity index (χ4v) is 3.66. The van der Waals surface area contributed by atoms with Gasteiger partial charge in [0.05, 0.1) is 8.96 Å². The summed E-state index contributed by atoms with van der Waals surface area (Å²) in [5, 5.41) is 0.478. The molecule has 0 bridgehead atoms. The van der Waals surface area contributed by atoms with E-state index in [1.54, 1.807) is 13.0 Å². The maximum Gasteiger partial charge on any atom is 0.206 e. The maximum atomic E-state index is 14.6. The summed E-state index contributed by atoms with van der Waals surface area (Å²) in [5.74, 6) is 0.388. The minimum atomic E-state index is -0.255. The van der Waals surface area contributed by atoms with Crippen LogP contribution in [0.25, 0.3) is 11.0 Å². The van der Waals surface area contributed by atoms with E-state index in [-0.39, 0.29) is 11.2 Å². The number of likely N-dealkylation sites (tertiary alicyclic amines) is 1. The minimum Gasteiger partial charge on any atom is -0.463 e. The van der Waals surface area contributed by atoms with E-state index in [1.165, 1.54) is 12.7 Å². The first-order valence-corrected chi connectivity index (χ1v) is 8.66. The van der Waals surface area contributed by atoms with Gasteiger partial charge in [0.1, 0.15) is 17.7 Å². The molecule has 22 heavy (non-hydrogen) atoms. The predicted octanol–water partition coefficient (Wildman–Crippen LogP) is 4.08. The minimum absolute atomic E-state index is 0.0850. The Labute approximate surface area is 142 Å². The number of piperidine rings is 1. The van der Waals surface area contributed by atoms with Gasteiger partial charge in [0.15, 0.2) is 0 Å². The molecule has 1 aliphatic heterocycles. The number of halogens is 2. The third kappa shape index (κ3) is 2.93. The molecule has 1 saturated heterocycles. The zero-order valence-electron chi connectivity index (χ0n) is 12.8. The van der Waals surface area contributed by atoms with Gasteiger partial charge in [-0.3, -0.25) is 9.69 Å². The Bertz CT molecular complexity index is 771. The Morgan fingerprint density at radius 1 is 1.50 bits per heavy atom. The second-order valence-corrected chi connectivity index (χ2v) is 7.41. The van der Waals surface area contributed by atoms with Crippen molar-refractivity contribution in [2.45, 2.75) is 33.2 Å². The summed E-state index contributed by atoms with van der Waals surface area (Å²) in [7, 11) is 0. The standard InChI is InChI=1S/C17H19FINO2/c1-10-4-3-5-20(7-10)8-12-6-13-16(21)14(19)9-22-17(13)11(2)15(12)18/h6,9-10H,3-5,7-8H2,1-2H3/t10-/m0/s1. The van der Waals surface area contributed by atoms with Gasteiger partial charge in [-0.05, 0) is 60.9 Å². The Morgan fingerprint density at radius 2 is 2.27 bits per heavy atom. The van der Waals surface area contributed by atoms with Gasteiger partial charge in [-0.15, -0.1) is 0 Å². The zero-order valence-corrected chi connectivity index (χ0v) is 14.9. The third-order valence-electron chi connectivity index (χ3n) is 4.39. The number of nitrogens with zero attached hydrogens (tertiary/aromatic N) is 1. The van der Waals surface area contributed by atoms with Gasteiger partial charge in [0, 0.05) is 24.2 Å². The first kappa shape index (κ1) is 15.9. The lowest BCUT2D eigenvalue weighted by Gasteiger charge is -2.31. The van der Waals surface area contributed by atoms with Gasteiger partial charge in [-0.2, -0.15) is 0 Å². The second-order valence-electron chi connectivity index (χ2n) is 6.25. The van der Waals surface area contributed by atoms with E-state index in [9.17, 15) is 9.18 Å². The lowest BCUT2D eigenvalue weighted by molar-refractivity contribution is 0.175. The second kappa shape index (κ2) is 6.28. The van der Waals surface area contributed by atoms with Gasteiger partial charge in [0.25, 0.3) is 0 Å². The summed E-state index contributed by atoms with van der Waals surface area (Å²) >= 11 is 1.95.